The second kappa shape index (κ2) is 8.34. The first-order valence-electron chi connectivity index (χ1n) is 9.41. The summed E-state index contributed by atoms with van der Waals surface area (Å²) in [7, 11) is -3.73. The van der Waals surface area contributed by atoms with E-state index in [2.05, 4.69) is 27.2 Å². The van der Waals surface area contributed by atoms with E-state index in [4.69, 9.17) is 0 Å². The molecule has 0 unspecified atom stereocenters. The zero-order chi connectivity index (χ0) is 20.3. The quantitative estimate of drug-likeness (QED) is 0.622. The molecule has 3 aromatic rings. The van der Waals surface area contributed by atoms with Gasteiger partial charge in [-0.15, -0.1) is 11.3 Å². The molecule has 1 aromatic heterocycles. The fraction of sp³-hybridized carbons (Fsp3) is 0.238. The molecule has 150 valence electrons. The maximum atomic E-state index is 12.7. The molecule has 4 rings (SSSR count). The Kier molecular flexibility index (Phi) is 5.64. The fourth-order valence-electron chi connectivity index (χ4n) is 3.72. The molecule has 1 saturated carbocycles. The van der Waals surface area contributed by atoms with Crippen molar-refractivity contribution >= 4 is 32.4 Å². The Morgan fingerprint density at radius 1 is 1.03 bits per heavy atom. The second-order valence-corrected chi connectivity index (χ2v) is 9.57. The van der Waals surface area contributed by atoms with E-state index in [1.54, 1.807) is 5.38 Å². The third-order valence-corrected chi connectivity index (χ3v) is 7.31. The van der Waals surface area contributed by atoms with Crippen molar-refractivity contribution in [2.45, 2.75) is 36.1 Å². The number of nitrogens with one attached hydrogen (secondary N) is 2. The topological polar surface area (TPSA) is 88.2 Å². The summed E-state index contributed by atoms with van der Waals surface area (Å²) < 4.78 is 27.3. The Bertz CT molecular complexity index is 1070. The summed E-state index contributed by atoms with van der Waals surface area (Å²) in [6.45, 7) is 0. The summed E-state index contributed by atoms with van der Waals surface area (Å²) in [5.74, 6) is 0.122. The molecule has 6 nitrogen and oxygen atoms in total. The first-order chi connectivity index (χ1) is 14.0. The average Bonchev–Trinajstić information content (AvgIpc) is 3.40. The normalized spacial score (nSPS) is 19.0. The number of amides is 1. The number of nitrogens with zero attached hydrogens (tertiary/aromatic N) is 1. The van der Waals surface area contributed by atoms with Gasteiger partial charge in [-0.05, 0) is 42.7 Å². The lowest BCUT2D eigenvalue weighted by Crippen LogP contribution is -2.36. The van der Waals surface area contributed by atoms with Crippen molar-refractivity contribution in [1.29, 1.82) is 0 Å². The molecule has 2 atom stereocenters. The highest BCUT2D eigenvalue weighted by molar-refractivity contribution is 7.93. The number of hydrogen-bond donors (Lipinski definition) is 2. The van der Waals surface area contributed by atoms with E-state index in [0.29, 0.717) is 16.6 Å². The van der Waals surface area contributed by atoms with E-state index in [0.717, 1.165) is 19.3 Å². The minimum Gasteiger partial charge on any atom is -0.349 e. The summed E-state index contributed by atoms with van der Waals surface area (Å²) >= 11 is 1.20. The maximum absolute atomic E-state index is 12.7. The molecule has 0 bridgehead atoms. The van der Waals surface area contributed by atoms with Gasteiger partial charge in [0.1, 0.15) is 0 Å². The highest BCUT2D eigenvalue weighted by Gasteiger charge is 2.30. The molecule has 8 heteroatoms. The minimum absolute atomic E-state index is 0.0832. The highest BCUT2D eigenvalue weighted by atomic mass is 32.2. The van der Waals surface area contributed by atoms with Crippen molar-refractivity contribution in [2.75, 3.05) is 4.72 Å². The van der Waals surface area contributed by atoms with Gasteiger partial charge in [-0.25, -0.2) is 13.4 Å². The first kappa shape index (κ1) is 19.6. The van der Waals surface area contributed by atoms with Gasteiger partial charge in [0.05, 0.1) is 4.90 Å². The summed E-state index contributed by atoms with van der Waals surface area (Å²) in [5.41, 5.74) is 1.68. The summed E-state index contributed by atoms with van der Waals surface area (Å²) in [6.07, 6.45) is 4.59. The Morgan fingerprint density at radius 2 is 1.79 bits per heavy atom. The highest BCUT2D eigenvalue weighted by Crippen LogP contribution is 2.34. The number of sulfonamides is 1. The standard InChI is InChI=1S/C21H21N3O3S2/c25-20(23-19-8-4-7-18(19)15-5-2-1-3-6-15)16-9-11-17(12-10-16)29(26,27)24-21-22-13-14-28-21/h1-3,5-6,9-14,18-19H,4,7-8H2,(H,22,24)(H,23,25)/t18-,19-/m1/s1. The van der Waals surface area contributed by atoms with E-state index in [1.807, 2.05) is 18.2 Å². The summed E-state index contributed by atoms with van der Waals surface area (Å²) in [6, 6.07) is 16.3. The molecular weight excluding hydrogens is 406 g/mol. The molecule has 29 heavy (non-hydrogen) atoms. The van der Waals surface area contributed by atoms with E-state index in [-0.39, 0.29) is 16.8 Å². The van der Waals surface area contributed by atoms with Crippen LogP contribution in [0.4, 0.5) is 5.13 Å². The van der Waals surface area contributed by atoms with Gasteiger partial charge in [-0.1, -0.05) is 36.8 Å². The van der Waals surface area contributed by atoms with Gasteiger partial charge in [0.2, 0.25) is 0 Å². The van der Waals surface area contributed by atoms with Gasteiger partial charge in [0, 0.05) is 29.1 Å². The average molecular weight is 428 g/mol. The van der Waals surface area contributed by atoms with E-state index >= 15 is 0 Å². The monoisotopic (exact) mass is 427 g/mol. The number of aromatic nitrogens is 1. The molecule has 0 aliphatic heterocycles. The van der Waals surface area contributed by atoms with Gasteiger partial charge >= 0.3 is 0 Å². The number of carbonyl (C=O) groups excluding carboxylic acids is 1. The Labute approximate surface area is 174 Å². The molecule has 2 aromatic carbocycles. The van der Waals surface area contributed by atoms with Gasteiger partial charge in [-0.2, -0.15) is 0 Å². The van der Waals surface area contributed by atoms with Crippen molar-refractivity contribution in [3.8, 4) is 0 Å². The van der Waals surface area contributed by atoms with Crippen LogP contribution < -0.4 is 10.0 Å². The maximum Gasteiger partial charge on any atom is 0.263 e. The predicted molar refractivity (Wildman–Crippen MR) is 114 cm³/mol. The summed E-state index contributed by atoms with van der Waals surface area (Å²) in [5, 5.41) is 5.12. The first-order valence-corrected chi connectivity index (χ1v) is 11.8. The van der Waals surface area contributed by atoms with Crippen molar-refractivity contribution in [3.05, 3.63) is 77.3 Å². The third-order valence-electron chi connectivity index (χ3n) is 5.14. The molecule has 0 spiro atoms. The molecule has 2 N–H and O–H groups in total. The number of hydrogen-bond acceptors (Lipinski definition) is 5. The SMILES string of the molecule is O=C(N[C@@H]1CCC[C@@H]1c1ccccc1)c1ccc(S(=O)(=O)Nc2nccs2)cc1. The molecule has 1 fully saturated rings. The van der Waals surface area contributed by atoms with E-state index in [9.17, 15) is 13.2 Å². The van der Waals surface area contributed by atoms with Crippen LogP contribution in [-0.4, -0.2) is 25.4 Å². The lowest BCUT2D eigenvalue weighted by atomic mass is 9.94. The Morgan fingerprint density at radius 3 is 2.48 bits per heavy atom. The van der Waals surface area contributed by atoms with Crippen LogP contribution in [0.15, 0.2) is 71.1 Å². The molecular formula is C21H21N3O3S2. The molecule has 0 radical (unpaired) electrons. The van der Waals surface area contributed by atoms with E-state index in [1.165, 1.54) is 47.4 Å². The van der Waals surface area contributed by atoms with Gasteiger partial charge in [-0.3, -0.25) is 9.52 Å². The fourth-order valence-corrected chi connectivity index (χ4v) is 5.51. The number of anilines is 1. The summed E-state index contributed by atoms with van der Waals surface area (Å²) in [4.78, 5) is 16.7. The van der Waals surface area contributed by atoms with Crippen LogP contribution in [0, 0.1) is 0 Å². The zero-order valence-electron chi connectivity index (χ0n) is 15.6. The van der Waals surface area contributed by atoms with Crippen LogP contribution in [0.5, 0.6) is 0 Å². The zero-order valence-corrected chi connectivity index (χ0v) is 17.2. The molecule has 1 heterocycles. The van der Waals surface area contributed by atoms with Gasteiger partial charge in [0.25, 0.3) is 15.9 Å². The van der Waals surface area contributed by atoms with Crippen molar-refractivity contribution in [2.24, 2.45) is 0 Å². The van der Waals surface area contributed by atoms with E-state index < -0.39 is 10.0 Å². The Balaban J connectivity index is 1.44. The molecule has 1 aliphatic rings. The van der Waals surface area contributed by atoms with Gasteiger partial charge < -0.3 is 5.32 Å². The smallest absolute Gasteiger partial charge is 0.263 e. The predicted octanol–water partition coefficient (Wildman–Crippen LogP) is 4.01. The van der Waals surface area contributed by atoms with Crippen LogP contribution in [0.3, 0.4) is 0 Å². The number of thiazole rings is 1. The number of rotatable bonds is 6. The largest absolute Gasteiger partial charge is 0.349 e. The number of carbonyl (C=O) groups is 1. The van der Waals surface area contributed by atoms with Crippen LogP contribution in [0.25, 0.3) is 0 Å². The van der Waals surface area contributed by atoms with Crippen molar-refractivity contribution < 1.29 is 13.2 Å². The molecule has 1 aliphatic carbocycles. The lowest BCUT2D eigenvalue weighted by Gasteiger charge is -2.21. The van der Waals surface area contributed by atoms with Crippen LogP contribution in [0.1, 0.15) is 41.1 Å². The van der Waals surface area contributed by atoms with Crippen LogP contribution in [0.2, 0.25) is 0 Å². The second-order valence-electron chi connectivity index (χ2n) is 7.00. The minimum atomic E-state index is -3.73. The van der Waals surface area contributed by atoms with Gasteiger partial charge in [0.15, 0.2) is 5.13 Å². The molecule has 1 amide bonds. The Hall–Kier alpha value is -2.71. The van der Waals surface area contributed by atoms with Crippen LogP contribution in [-0.2, 0) is 10.0 Å². The van der Waals surface area contributed by atoms with Crippen molar-refractivity contribution in [3.63, 3.8) is 0 Å². The number of benzene rings is 2. The van der Waals surface area contributed by atoms with Crippen molar-refractivity contribution in [1.82, 2.24) is 10.3 Å². The lowest BCUT2D eigenvalue weighted by molar-refractivity contribution is 0.0934. The third kappa shape index (κ3) is 4.49. The molecule has 0 saturated heterocycles. The van der Waals surface area contributed by atoms with Crippen LogP contribution >= 0.6 is 11.3 Å².